The van der Waals surface area contributed by atoms with E-state index in [0.29, 0.717) is 0 Å². The maximum atomic E-state index is 5.46. The second-order valence-electron chi connectivity index (χ2n) is 4.26. The summed E-state index contributed by atoms with van der Waals surface area (Å²) in [5.74, 6) is 0.979. The van der Waals surface area contributed by atoms with E-state index in [-0.39, 0.29) is 0 Å². The van der Waals surface area contributed by atoms with Crippen molar-refractivity contribution in [1.82, 2.24) is 0 Å². The Bertz CT molecular complexity index is 310. The molecule has 1 rings (SSSR count). The van der Waals surface area contributed by atoms with E-state index in [4.69, 9.17) is 10.5 Å². The van der Waals surface area contributed by atoms with Crippen molar-refractivity contribution in [2.45, 2.75) is 39.0 Å². The van der Waals surface area contributed by atoms with Gasteiger partial charge in [-0.15, -0.1) is 0 Å². The van der Waals surface area contributed by atoms with Crippen LogP contribution in [0.25, 0.3) is 0 Å². The van der Waals surface area contributed by atoms with Gasteiger partial charge in [-0.3, -0.25) is 0 Å². The number of unbranched alkanes of at least 4 members (excludes halogenated alkanes) is 3. The molecule has 2 nitrogen and oxygen atoms in total. The van der Waals surface area contributed by atoms with Crippen LogP contribution in [0.5, 0.6) is 5.75 Å². The highest BCUT2D eigenvalue weighted by atomic mass is 16.5. The molecule has 1 aromatic rings. The lowest BCUT2D eigenvalue weighted by Gasteiger charge is -2.07. The van der Waals surface area contributed by atoms with E-state index in [0.717, 1.165) is 25.1 Å². The van der Waals surface area contributed by atoms with Crippen molar-refractivity contribution in [3.63, 3.8) is 0 Å². The van der Waals surface area contributed by atoms with Crippen molar-refractivity contribution < 1.29 is 4.74 Å². The molecule has 0 spiro atoms. The van der Waals surface area contributed by atoms with Crippen molar-refractivity contribution >= 4 is 0 Å². The lowest BCUT2D eigenvalue weighted by Crippen LogP contribution is -1.98. The van der Waals surface area contributed by atoms with Gasteiger partial charge in [0.2, 0.25) is 0 Å². The fraction of sp³-hybridized carbons (Fsp3) is 0.571. The van der Waals surface area contributed by atoms with Gasteiger partial charge in [0, 0.05) is 0 Å². The molecule has 0 radical (unpaired) electrons. The Morgan fingerprint density at radius 3 is 2.50 bits per heavy atom. The molecule has 0 saturated heterocycles. The van der Waals surface area contributed by atoms with Crippen LogP contribution >= 0.6 is 0 Å². The number of benzene rings is 1. The number of methoxy groups -OCH3 is 1. The lowest BCUT2D eigenvalue weighted by molar-refractivity contribution is 0.411. The van der Waals surface area contributed by atoms with Crippen molar-refractivity contribution in [3.8, 4) is 5.75 Å². The van der Waals surface area contributed by atoms with E-state index in [9.17, 15) is 0 Å². The summed E-state index contributed by atoms with van der Waals surface area (Å²) in [5, 5.41) is 0. The molecule has 0 aliphatic carbocycles. The quantitative estimate of drug-likeness (QED) is 0.718. The first-order valence-electron chi connectivity index (χ1n) is 6.11. The third-order valence-corrected chi connectivity index (χ3v) is 2.88. The van der Waals surface area contributed by atoms with Gasteiger partial charge < -0.3 is 10.5 Å². The molecule has 1 aromatic carbocycles. The van der Waals surface area contributed by atoms with Gasteiger partial charge in [0.25, 0.3) is 0 Å². The Balaban J connectivity index is 2.34. The summed E-state index contributed by atoms with van der Waals surface area (Å²) < 4.78 is 5.24. The highest BCUT2D eigenvalue weighted by Gasteiger charge is 1.99. The normalized spacial score (nSPS) is 10.4. The van der Waals surface area contributed by atoms with Gasteiger partial charge in [-0.05, 0) is 49.9 Å². The van der Waals surface area contributed by atoms with Crippen LogP contribution in [0.4, 0.5) is 0 Å². The maximum absolute atomic E-state index is 5.46. The first-order chi connectivity index (χ1) is 7.77. The first-order valence-corrected chi connectivity index (χ1v) is 6.11. The molecular formula is C14H23NO. The third kappa shape index (κ3) is 4.23. The summed E-state index contributed by atoms with van der Waals surface area (Å²) in [5.41, 5.74) is 8.09. The Morgan fingerprint density at radius 2 is 1.88 bits per heavy atom. The molecule has 2 heteroatoms. The number of ether oxygens (including phenoxy) is 1. The van der Waals surface area contributed by atoms with Crippen LogP contribution in [0.2, 0.25) is 0 Å². The standard InChI is InChI=1S/C14H23NO/c1-12-11-13(8-9-14(12)16-2)7-5-3-4-6-10-15/h8-9,11H,3-7,10,15H2,1-2H3. The van der Waals surface area contributed by atoms with E-state index in [1.165, 1.54) is 30.4 Å². The minimum absolute atomic E-state index is 0.821. The van der Waals surface area contributed by atoms with Gasteiger partial charge in [0.1, 0.15) is 5.75 Å². The zero-order valence-corrected chi connectivity index (χ0v) is 10.5. The molecule has 0 aliphatic rings. The molecule has 0 bridgehead atoms. The largest absolute Gasteiger partial charge is 0.496 e. The average Bonchev–Trinajstić information content (AvgIpc) is 2.29. The minimum atomic E-state index is 0.821. The van der Waals surface area contributed by atoms with Crippen molar-refractivity contribution in [1.29, 1.82) is 0 Å². The van der Waals surface area contributed by atoms with E-state index in [2.05, 4.69) is 25.1 Å². The van der Waals surface area contributed by atoms with E-state index in [1.807, 2.05) is 0 Å². The molecule has 0 unspecified atom stereocenters. The van der Waals surface area contributed by atoms with Crippen LogP contribution in [0.15, 0.2) is 18.2 Å². The third-order valence-electron chi connectivity index (χ3n) is 2.88. The fourth-order valence-electron chi connectivity index (χ4n) is 1.92. The molecule has 0 saturated carbocycles. The molecule has 0 amide bonds. The Kier molecular flexibility index (Phi) is 5.94. The van der Waals surface area contributed by atoms with Crippen LogP contribution in [0.3, 0.4) is 0 Å². The number of hydrogen-bond donors (Lipinski definition) is 1. The summed E-state index contributed by atoms with van der Waals surface area (Å²) in [6.07, 6.45) is 6.11. The molecule has 0 aliphatic heterocycles. The monoisotopic (exact) mass is 221 g/mol. The molecule has 90 valence electrons. The highest BCUT2D eigenvalue weighted by Crippen LogP contribution is 2.19. The van der Waals surface area contributed by atoms with Crippen LogP contribution in [0, 0.1) is 6.92 Å². The minimum Gasteiger partial charge on any atom is -0.496 e. The molecule has 0 aromatic heterocycles. The molecular weight excluding hydrogens is 198 g/mol. The Morgan fingerprint density at radius 1 is 1.12 bits per heavy atom. The number of rotatable bonds is 7. The second-order valence-corrected chi connectivity index (χ2v) is 4.26. The van der Waals surface area contributed by atoms with Crippen molar-refractivity contribution in [3.05, 3.63) is 29.3 Å². The van der Waals surface area contributed by atoms with Gasteiger partial charge in [-0.1, -0.05) is 25.0 Å². The molecule has 0 atom stereocenters. The second kappa shape index (κ2) is 7.29. The summed E-state index contributed by atoms with van der Waals surface area (Å²) >= 11 is 0. The van der Waals surface area contributed by atoms with Crippen molar-refractivity contribution in [2.24, 2.45) is 5.73 Å². The summed E-state index contributed by atoms with van der Waals surface area (Å²) in [4.78, 5) is 0. The topological polar surface area (TPSA) is 35.2 Å². The summed E-state index contributed by atoms with van der Waals surface area (Å²) in [7, 11) is 1.72. The summed E-state index contributed by atoms with van der Waals surface area (Å²) in [6.45, 7) is 2.92. The van der Waals surface area contributed by atoms with Crippen LogP contribution in [-0.2, 0) is 6.42 Å². The van der Waals surface area contributed by atoms with E-state index >= 15 is 0 Å². The SMILES string of the molecule is COc1ccc(CCCCCCN)cc1C. The van der Waals surface area contributed by atoms with Crippen LogP contribution in [0.1, 0.15) is 36.8 Å². The number of hydrogen-bond acceptors (Lipinski definition) is 2. The van der Waals surface area contributed by atoms with Gasteiger partial charge in [-0.2, -0.15) is 0 Å². The van der Waals surface area contributed by atoms with E-state index < -0.39 is 0 Å². The van der Waals surface area contributed by atoms with Crippen LogP contribution in [-0.4, -0.2) is 13.7 Å². The number of nitrogens with two attached hydrogens (primary N) is 1. The Hall–Kier alpha value is -1.02. The molecule has 2 N–H and O–H groups in total. The predicted octanol–water partition coefficient (Wildman–Crippen LogP) is 3.07. The molecule has 0 heterocycles. The van der Waals surface area contributed by atoms with Gasteiger partial charge in [-0.25, -0.2) is 0 Å². The maximum Gasteiger partial charge on any atom is 0.121 e. The smallest absolute Gasteiger partial charge is 0.121 e. The Labute approximate surface area is 98.8 Å². The zero-order valence-electron chi connectivity index (χ0n) is 10.5. The highest BCUT2D eigenvalue weighted by molar-refractivity contribution is 5.36. The van der Waals surface area contributed by atoms with Gasteiger partial charge >= 0.3 is 0 Å². The molecule has 0 fully saturated rings. The fourth-order valence-corrected chi connectivity index (χ4v) is 1.92. The van der Waals surface area contributed by atoms with Crippen LogP contribution < -0.4 is 10.5 Å². The first kappa shape index (κ1) is 13.0. The molecule has 16 heavy (non-hydrogen) atoms. The summed E-state index contributed by atoms with van der Waals surface area (Å²) in [6, 6.07) is 6.45. The van der Waals surface area contributed by atoms with Gasteiger partial charge in [0.15, 0.2) is 0 Å². The average molecular weight is 221 g/mol. The van der Waals surface area contributed by atoms with Gasteiger partial charge in [0.05, 0.1) is 7.11 Å². The zero-order chi connectivity index (χ0) is 11.8. The van der Waals surface area contributed by atoms with E-state index in [1.54, 1.807) is 7.11 Å². The lowest BCUT2D eigenvalue weighted by atomic mass is 10.0. The number of aryl methyl sites for hydroxylation is 2. The van der Waals surface area contributed by atoms with Crippen molar-refractivity contribution in [2.75, 3.05) is 13.7 Å². The predicted molar refractivity (Wildman–Crippen MR) is 69.0 cm³/mol.